The van der Waals surface area contributed by atoms with Gasteiger partial charge in [-0.1, -0.05) is 29.8 Å². The van der Waals surface area contributed by atoms with Crippen LogP contribution in [0.4, 0.5) is 0 Å². The molecule has 0 aromatic heterocycles. The number of benzene rings is 1. The van der Waals surface area contributed by atoms with E-state index in [1.807, 2.05) is 0 Å². The second-order valence-electron chi connectivity index (χ2n) is 5.68. The first-order valence-corrected chi connectivity index (χ1v) is 7.11. The third kappa shape index (κ3) is 2.93. The molecule has 1 fully saturated rings. The Kier molecular flexibility index (Phi) is 4.41. The van der Waals surface area contributed by atoms with Crippen LogP contribution in [0.1, 0.15) is 43.9 Å². The molecular formula is C16H26N2. The second-order valence-corrected chi connectivity index (χ2v) is 5.68. The van der Waals surface area contributed by atoms with Crippen molar-refractivity contribution in [2.24, 2.45) is 0 Å². The number of hydrogen-bond acceptors (Lipinski definition) is 2. The van der Waals surface area contributed by atoms with Gasteiger partial charge in [-0.15, -0.1) is 0 Å². The third-order valence-corrected chi connectivity index (χ3v) is 4.39. The zero-order chi connectivity index (χ0) is 13.1. The van der Waals surface area contributed by atoms with Gasteiger partial charge in [0.15, 0.2) is 0 Å². The smallest absolute Gasteiger partial charge is 0.0322 e. The van der Waals surface area contributed by atoms with Crippen molar-refractivity contribution in [3.05, 3.63) is 35.4 Å². The summed E-state index contributed by atoms with van der Waals surface area (Å²) in [5.74, 6) is 0. The summed E-state index contributed by atoms with van der Waals surface area (Å²) >= 11 is 0. The first-order valence-electron chi connectivity index (χ1n) is 7.11. The zero-order valence-corrected chi connectivity index (χ0v) is 12.1. The molecule has 1 aliphatic heterocycles. The van der Waals surface area contributed by atoms with E-state index >= 15 is 0 Å². The van der Waals surface area contributed by atoms with Gasteiger partial charge in [0.2, 0.25) is 0 Å². The van der Waals surface area contributed by atoms with Gasteiger partial charge in [0.1, 0.15) is 0 Å². The minimum atomic E-state index is 0.526. The normalized spacial score (nSPS) is 27.1. The van der Waals surface area contributed by atoms with Crippen LogP contribution in [0.2, 0.25) is 0 Å². The van der Waals surface area contributed by atoms with Crippen molar-refractivity contribution < 1.29 is 0 Å². The van der Waals surface area contributed by atoms with E-state index < -0.39 is 0 Å². The first-order chi connectivity index (χ1) is 8.61. The molecule has 18 heavy (non-hydrogen) atoms. The first kappa shape index (κ1) is 13.6. The van der Waals surface area contributed by atoms with E-state index in [-0.39, 0.29) is 0 Å². The molecular weight excluding hydrogens is 220 g/mol. The van der Waals surface area contributed by atoms with Gasteiger partial charge in [0.05, 0.1) is 0 Å². The molecule has 2 heteroatoms. The molecule has 3 atom stereocenters. The lowest BCUT2D eigenvalue weighted by Crippen LogP contribution is -2.47. The molecule has 1 aromatic carbocycles. The van der Waals surface area contributed by atoms with Crippen LogP contribution in [-0.4, -0.2) is 30.6 Å². The molecule has 100 valence electrons. The topological polar surface area (TPSA) is 15.3 Å². The van der Waals surface area contributed by atoms with E-state index in [9.17, 15) is 0 Å². The molecule has 0 spiro atoms. The fourth-order valence-electron chi connectivity index (χ4n) is 3.06. The molecule has 0 radical (unpaired) electrons. The maximum Gasteiger partial charge on any atom is 0.0322 e. The minimum Gasteiger partial charge on any atom is -0.317 e. The second kappa shape index (κ2) is 5.85. The number of piperidine rings is 1. The monoisotopic (exact) mass is 246 g/mol. The van der Waals surface area contributed by atoms with E-state index in [1.54, 1.807) is 0 Å². The third-order valence-electron chi connectivity index (χ3n) is 4.39. The summed E-state index contributed by atoms with van der Waals surface area (Å²) in [6.45, 7) is 8.03. The SMILES string of the molecule is CNC1CCN(C(C)c2ccc(C)cc2)C(C)C1. The number of nitrogens with one attached hydrogen (secondary N) is 1. The molecule has 1 aliphatic rings. The average molecular weight is 246 g/mol. The summed E-state index contributed by atoms with van der Waals surface area (Å²) in [5.41, 5.74) is 2.78. The van der Waals surface area contributed by atoms with Gasteiger partial charge in [0, 0.05) is 24.7 Å². The number of likely N-dealkylation sites (tertiary alicyclic amines) is 1. The minimum absolute atomic E-state index is 0.526. The Hall–Kier alpha value is -0.860. The maximum absolute atomic E-state index is 3.41. The lowest BCUT2D eigenvalue weighted by molar-refractivity contribution is 0.0974. The van der Waals surface area contributed by atoms with Crippen LogP contribution in [0.25, 0.3) is 0 Å². The molecule has 1 heterocycles. The van der Waals surface area contributed by atoms with E-state index in [4.69, 9.17) is 0 Å². The highest BCUT2D eigenvalue weighted by molar-refractivity contribution is 5.24. The molecule has 2 nitrogen and oxygen atoms in total. The van der Waals surface area contributed by atoms with Crippen LogP contribution in [0.15, 0.2) is 24.3 Å². The molecule has 1 aromatic rings. The predicted octanol–water partition coefficient (Wildman–Crippen LogP) is 3.13. The van der Waals surface area contributed by atoms with Crippen LogP contribution in [0, 0.1) is 6.92 Å². The van der Waals surface area contributed by atoms with E-state index in [2.05, 4.69) is 62.3 Å². The summed E-state index contributed by atoms with van der Waals surface area (Å²) in [6.07, 6.45) is 2.52. The molecule has 1 N–H and O–H groups in total. The molecule has 0 amide bonds. The van der Waals surface area contributed by atoms with Gasteiger partial charge in [-0.2, -0.15) is 0 Å². The molecule has 0 bridgehead atoms. The Balaban J connectivity index is 2.05. The quantitative estimate of drug-likeness (QED) is 0.881. The van der Waals surface area contributed by atoms with Gasteiger partial charge in [-0.3, -0.25) is 4.90 Å². The summed E-state index contributed by atoms with van der Waals surface area (Å²) in [5, 5.41) is 3.41. The van der Waals surface area contributed by atoms with Gasteiger partial charge < -0.3 is 5.32 Å². The van der Waals surface area contributed by atoms with Crippen LogP contribution in [0.3, 0.4) is 0 Å². The van der Waals surface area contributed by atoms with Crippen molar-refractivity contribution in [3.8, 4) is 0 Å². The Morgan fingerprint density at radius 3 is 2.50 bits per heavy atom. The highest BCUT2D eigenvalue weighted by Gasteiger charge is 2.28. The maximum atomic E-state index is 3.41. The summed E-state index contributed by atoms with van der Waals surface area (Å²) in [6, 6.07) is 10.9. The van der Waals surface area contributed by atoms with Gasteiger partial charge >= 0.3 is 0 Å². The van der Waals surface area contributed by atoms with Crippen LogP contribution in [-0.2, 0) is 0 Å². The summed E-state index contributed by atoms with van der Waals surface area (Å²) in [4.78, 5) is 2.64. The van der Waals surface area contributed by atoms with Crippen molar-refractivity contribution in [1.82, 2.24) is 10.2 Å². The summed E-state index contributed by atoms with van der Waals surface area (Å²) in [7, 11) is 2.08. The van der Waals surface area contributed by atoms with Crippen LogP contribution < -0.4 is 5.32 Å². The molecule has 0 aliphatic carbocycles. The zero-order valence-electron chi connectivity index (χ0n) is 12.1. The fourth-order valence-corrected chi connectivity index (χ4v) is 3.06. The standard InChI is InChI=1S/C16H26N2/c1-12-5-7-15(8-6-12)14(3)18-10-9-16(17-4)11-13(18)2/h5-8,13-14,16-17H,9-11H2,1-4H3. The largest absolute Gasteiger partial charge is 0.317 e. The Labute approximate surface area is 111 Å². The molecule has 1 saturated heterocycles. The van der Waals surface area contributed by atoms with E-state index in [0.29, 0.717) is 18.1 Å². The van der Waals surface area contributed by atoms with Gasteiger partial charge in [-0.25, -0.2) is 0 Å². The molecule has 3 unspecified atom stereocenters. The van der Waals surface area contributed by atoms with Crippen LogP contribution in [0.5, 0.6) is 0 Å². The van der Waals surface area contributed by atoms with Crippen molar-refractivity contribution in [2.45, 2.75) is 51.7 Å². The lowest BCUT2D eigenvalue weighted by atomic mass is 9.94. The number of rotatable bonds is 3. The van der Waals surface area contributed by atoms with Crippen molar-refractivity contribution in [3.63, 3.8) is 0 Å². The van der Waals surface area contributed by atoms with Crippen molar-refractivity contribution in [1.29, 1.82) is 0 Å². The van der Waals surface area contributed by atoms with Crippen molar-refractivity contribution >= 4 is 0 Å². The molecule has 2 rings (SSSR count). The Morgan fingerprint density at radius 2 is 1.94 bits per heavy atom. The predicted molar refractivity (Wildman–Crippen MR) is 77.8 cm³/mol. The van der Waals surface area contributed by atoms with Gasteiger partial charge in [0.25, 0.3) is 0 Å². The highest BCUT2D eigenvalue weighted by atomic mass is 15.2. The lowest BCUT2D eigenvalue weighted by Gasteiger charge is -2.41. The Morgan fingerprint density at radius 1 is 1.28 bits per heavy atom. The van der Waals surface area contributed by atoms with E-state index in [0.717, 1.165) is 0 Å². The van der Waals surface area contributed by atoms with Crippen molar-refractivity contribution in [2.75, 3.05) is 13.6 Å². The molecule has 0 saturated carbocycles. The summed E-state index contributed by atoms with van der Waals surface area (Å²) < 4.78 is 0. The average Bonchev–Trinajstić information content (AvgIpc) is 2.38. The van der Waals surface area contributed by atoms with Gasteiger partial charge in [-0.05, 0) is 46.2 Å². The fraction of sp³-hybridized carbons (Fsp3) is 0.625. The van der Waals surface area contributed by atoms with E-state index in [1.165, 1.54) is 30.5 Å². The highest BCUT2D eigenvalue weighted by Crippen LogP contribution is 2.28. The van der Waals surface area contributed by atoms with Crippen LogP contribution >= 0.6 is 0 Å². The Bertz CT molecular complexity index is 371. The number of nitrogens with zero attached hydrogens (tertiary/aromatic N) is 1. The number of aryl methyl sites for hydroxylation is 1. The number of hydrogen-bond donors (Lipinski definition) is 1.